The van der Waals surface area contributed by atoms with Gasteiger partial charge < -0.3 is 5.73 Å². The zero-order valence-corrected chi connectivity index (χ0v) is 10.1. The van der Waals surface area contributed by atoms with Crippen molar-refractivity contribution in [2.24, 2.45) is 11.7 Å². The summed E-state index contributed by atoms with van der Waals surface area (Å²) < 4.78 is 2.06. The molecule has 1 heterocycles. The molecule has 0 aliphatic heterocycles. The third kappa shape index (κ3) is 3.67. The van der Waals surface area contributed by atoms with Gasteiger partial charge in [0.25, 0.3) is 0 Å². The van der Waals surface area contributed by atoms with Crippen LogP contribution in [0.5, 0.6) is 0 Å². The minimum Gasteiger partial charge on any atom is -0.330 e. The second-order valence-electron chi connectivity index (χ2n) is 4.42. The zero-order valence-electron chi connectivity index (χ0n) is 10.1. The van der Waals surface area contributed by atoms with Crippen LogP contribution in [0.1, 0.15) is 45.3 Å². The fourth-order valence-electron chi connectivity index (χ4n) is 1.46. The summed E-state index contributed by atoms with van der Waals surface area (Å²) in [6.07, 6.45) is 5.38. The summed E-state index contributed by atoms with van der Waals surface area (Å²) in [6, 6.07) is 2.63. The van der Waals surface area contributed by atoms with Gasteiger partial charge in [0.05, 0.1) is 5.69 Å². The van der Waals surface area contributed by atoms with Gasteiger partial charge in [0, 0.05) is 12.2 Å². The summed E-state index contributed by atoms with van der Waals surface area (Å²) in [4.78, 5) is 0. The van der Waals surface area contributed by atoms with E-state index in [1.54, 1.807) is 0 Å². The fraction of sp³-hybridized carbons (Fsp3) is 0.750. The lowest BCUT2D eigenvalue weighted by molar-refractivity contribution is 0.469. The van der Waals surface area contributed by atoms with E-state index in [9.17, 15) is 0 Å². The molecule has 3 heteroatoms. The first-order valence-corrected chi connectivity index (χ1v) is 5.91. The third-order valence-corrected chi connectivity index (χ3v) is 3.00. The van der Waals surface area contributed by atoms with Crippen LogP contribution in [0.2, 0.25) is 0 Å². The Kier molecular flexibility index (Phi) is 4.82. The molecule has 1 rings (SSSR count). The Morgan fingerprint density at radius 2 is 2.20 bits per heavy atom. The summed E-state index contributed by atoms with van der Waals surface area (Å²) >= 11 is 0. The van der Waals surface area contributed by atoms with E-state index < -0.39 is 0 Å². The molecule has 15 heavy (non-hydrogen) atoms. The number of hydrogen-bond acceptors (Lipinski definition) is 2. The Hall–Kier alpha value is -0.830. The molecule has 0 radical (unpaired) electrons. The van der Waals surface area contributed by atoms with Crippen molar-refractivity contribution in [3.63, 3.8) is 0 Å². The Morgan fingerprint density at radius 3 is 2.80 bits per heavy atom. The van der Waals surface area contributed by atoms with E-state index in [-0.39, 0.29) is 0 Å². The standard InChI is InChI=1S/C12H23N3/c1-4-11(3)15-8-7-12(14-15)6-5-10(2)9-13/h7-8,10-11H,4-6,9,13H2,1-3H3. The lowest BCUT2D eigenvalue weighted by atomic mass is 10.1. The molecule has 1 aromatic rings. The highest BCUT2D eigenvalue weighted by molar-refractivity contribution is 4.99. The second-order valence-corrected chi connectivity index (χ2v) is 4.42. The van der Waals surface area contributed by atoms with E-state index in [0.717, 1.165) is 25.8 Å². The Morgan fingerprint density at radius 1 is 1.47 bits per heavy atom. The van der Waals surface area contributed by atoms with E-state index in [1.807, 2.05) is 0 Å². The third-order valence-electron chi connectivity index (χ3n) is 3.00. The molecule has 0 aliphatic rings. The van der Waals surface area contributed by atoms with E-state index in [0.29, 0.717) is 12.0 Å². The maximum absolute atomic E-state index is 5.59. The van der Waals surface area contributed by atoms with Crippen molar-refractivity contribution in [3.8, 4) is 0 Å². The van der Waals surface area contributed by atoms with Crippen molar-refractivity contribution in [1.82, 2.24) is 9.78 Å². The van der Waals surface area contributed by atoms with Crippen LogP contribution in [0.3, 0.4) is 0 Å². The van der Waals surface area contributed by atoms with Gasteiger partial charge in [-0.15, -0.1) is 0 Å². The Labute approximate surface area is 92.7 Å². The van der Waals surface area contributed by atoms with E-state index in [1.165, 1.54) is 5.69 Å². The van der Waals surface area contributed by atoms with Crippen LogP contribution in [-0.2, 0) is 6.42 Å². The smallest absolute Gasteiger partial charge is 0.0624 e. The molecular weight excluding hydrogens is 186 g/mol. The number of rotatable bonds is 6. The van der Waals surface area contributed by atoms with Crippen molar-refractivity contribution in [2.45, 2.75) is 46.1 Å². The van der Waals surface area contributed by atoms with Crippen molar-refractivity contribution in [1.29, 1.82) is 0 Å². The molecule has 0 aromatic carbocycles. The van der Waals surface area contributed by atoms with Crippen molar-refractivity contribution in [3.05, 3.63) is 18.0 Å². The second kappa shape index (κ2) is 5.91. The Bertz CT molecular complexity index is 280. The molecule has 0 saturated heterocycles. The van der Waals surface area contributed by atoms with Gasteiger partial charge >= 0.3 is 0 Å². The van der Waals surface area contributed by atoms with Crippen LogP contribution in [0.15, 0.2) is 12.3 Å². The maximum atomic E-state index is 5.59. The minimum atomic E-state index is 0.505. The van der Waals surface area contributed by atoms with Crippen LogP contribution in [0, 0.1) is 5.92 Å². The van der Waals surface area contributed by atoms with Crippen LogP contribution < -0.4 is 5.73 Å². The average Bonchev–Trinajstić information content (AvgIpc) is 2.73. The van der Waals surface area contributed by atoms with Crippen molar-refractivity contribution >= 4 is 0 Å². The minimum absolute atomic E-state index is 0.505. The van der Waals surface area contributed by atoms with Crippen molar-refractivity contribution in [2.75, 3.05) is 6.54 Å². The number of nitrogens with zero attached hydrogens (tertiary/aromatic N) is 2. The summed E-state index contributed by atoms with van der Waals surface area (Å²) in [7, 11) is 0. The van der Waals surface area contributed by atoms with Gasteiger partial charge in [-0.25, -0.2) is 0 Å². The molecule has 3 nitrogen and oxygen atoms in total. The summed E-state index contributed by atoms with van der Waals surface area (Å²) in [5, 5.41) is 4.56. The van der Waals surface area contributed by atoms with Crippen molar-refractivity contribution < 1.29 is 0 Å². The molecule has 0 amide bonds. The van der Waals surface area contributed by atoms with Gasteiger partial charge in [-0.3, -0.25) is 4.68 Å². The summed E-state index contributed by atoms with van der Waals surface area (Å²) in [5.74, 6) is 0.596. The van der Waals surface area contributed by atoms with Gasteiger partial charge in [-0.2, -0.15) is 5.10 Å². The lowest BCUT2D eigenvalue weighted by Crippen LogP contribution is -2.11. The number of aromatic nitrogens is 2. The van der Waals surface area contributed by atoms with Gasteiger partial charge in [-0.1, -0.05) is 13.8 Å². The lowest BCUT2D eigenvalue weighted by Gasteiger charge is -2.08. The molecule has 2 atom stereocenters. The van der Waals surface area contributed by atoms with Gasteiger partial charge in [0.15, 0.2) is 0 Å². The molecule has 2 N–H and O–H groups in total. The number of aryl methyl sites for hydroxylation is 1. The molecule has 1 aromatic heterocycles. The number of nitrogens with two attached hydrogens (primary N) is 1. The predicted molar refractivity (Wildman–Crippen MR) is 63.8 cm³/mol. The molecule has 2 unspecified atom stereocenters. The quantitative estimate of drug-likeness (QED) is 0.781. The fourth-order valence-corrected chi connectivity index (χ4v) is 1.46. The molecule has 0 fully saturated rings. The molecule has 0 saturated carbocycles. The first-order chi connectivity index (χ1) is 7.17. The SMILES string of the molecule is CCC(C)n1ccc(CCC(C)CN)n1. The first kappa shape index (κ1) is 12.2. The van der Waals surface area contributed by atoms with Crippen LogP contribution in [-0.4, -0.2) is 16.3 Å². The van der Waals surface area contributed by atoms with Gasteiger partial charge in [0.2, 0.25) is 0 Å². The molecule has 0 bridgehead atoms. The summed E-state index contributed by atoms with van der Waals surface area (Å²) in [6.45, 7) is 7.33. The zero-order chi connectivity index (χ0) is 11.3. The van der Waals surface area contributed by atoms with Crippen LogP contribution >= 0.6 is 0 Å². The highest BCUT2D eigenvalue weighted by Crippen LogP contribution is 2.11. The maximum Gasteiger partial charge on any atom is 0.0624 e. The highest BCUT2D eigenvalue weighted by Gasteiger charge is 2.06. The number of hydrogen-bond donors (Lipinski definition) is 1. The van der Waals surface area contributed by atoms with E-state index in [4.69, 9.17) is 5.73 Å². The molecular formula is C12H23N3. The van der Waals surface area contributed by atoms with E-state index >= 15 is 0 Å². The monoisotopic (exact) mass is 209 g/mol. The average molecular weight is 209 g/mol. The first-order valence-electron chi connectivity index (χ1n) is 5.91. The normalized spacial score (nSPS) is 15.2. The molecule has 86 valence electrons. The highest BCUT2D eigenvalue weighted by atomic mass is 15.3. The van der Waals surface area contributed by atoms with Gasteiger partial charge in [0.1, 0.15) is 0 Å². The molecule has 0 aliphatic carbocycles. The predicted octanol–water partition coefficient (Wildman–Crippen LogP) is 2.38. The summed E-state index contributed by atoms with van der Waals surface area (Å²) in [5.41, 5.74) is 6.78. The van der Waals surface area contributed by atoms with Crippen LogP contribution in [0.25, 0.3) is 0 Å². The van der Waals surface area contributed by atoms with E-state index in [2.05, 4.69) is 42.8 Å². The topological polar surface area (TPSA) is 43.8 Å². The largest absolute Gasteiger partial charge is 0.330 e. The van der Waals surface area contributed by atoms with Gasteiger partial charge in [-0.05, 0) is 44.7 Å². The molecule has 0 spiro atoms. The van der Waals surface area contributed by atoms with Crippen LogP contribution in [0.4, 0.5) is 0 Å². The Balaban J connectivity index is 2.46.